The summed E-state index contributed by atoms with van der Waals surface area (Å²) in [6.07, 6.45) is 1.88. The van der Waals surface area contributed by atoms with Gasteiger partial charge in [0.15, 0.2) is 0 Å². The van der Waals surface area contributed by atoms with Gasteiger partial charge in [0, 0.05) is 31.6 Å². The zero-order valence-corrected chi connectivity index (χ0v) is 13.8. The summed E-state index contributed by atoms with van der Waals surface area (Å²) in [5.74, 6) is 1.96. The number of carbonyl (C=O) groups excluding carboxylic acids is 1. The molecule has 6 nitrogen and oxygen atoms in total. The monoisotopic (exact) mass is 330 g/mol. The summed E-state index contributed by atoms with van der Waals surface area (Å²) in [5.41, 5.74) is 1.75. The average Bonchev–Trinajstić information content (AvgIpc) is 3.26. The summed E-state index contributed by atoms with van der Waals surface area (Å²) >= 11 is 0. The predicted octanol–water partition coefficient (Wildman–Crippen LogP) is 1.97. The van der Waals surface area contributed by atoms with Gasteiger partial charge in [-0.1, -0.05) is 17.3 Å². The molecule has 0 spiro atoms. The van der Waals surface area contributed by atoms with Crippen molar-refractivity contribution in [3.05, 3.63) is 47.3 Å². The van der Waals surface area contributed by atoms with Crippen LogP contribution in [0.2, 0.25) is 0 Å². The van der Waals surface area contributed by atoms with Gasteiger partial charge < -0.3 is 19.3 Å². The van der Waals surface area contributed by atoms with Crippen LogP contribution >= 0.6 is 0 Å². The first kappa shape index (κ1) is 16.5. The van der Waals surface area contributed by atoms with Crippen LogP contribution in [0, 0.1) is 5.92 Å². The molecule has 3 rings (SSSR count). The van der Waals surface area contributed by atoms with Crippen molar-refractivity contribution in [2.45, 2.75) is 19.3 Å². The van der Waals surface area contributed by atoms with Gasteiger partial charge in [0.2, 0.25) is 5.91 Å². The minimum absolute atomic E-state index is 0.0359. The standard InChI is InChI=1S/C18H22N2O4/c1-22-16-4-2-13(3-5-16)8-17-9-15(20-24-17)10-18(21)19-11-14-6-7-23-12-14/h2-5,9,14H,6-8,10-12H2,1H3,(H,19,21). The smallest absolute Gasteiger partial charge is 0.226 e. The highest BCUT2D eigenvalue weighted by atomic mass is 16.5. The van der Waals surface area contributed by atoms with Crippen LogP contribution in [0.4, 0.5) is 0 Å². The Morgan fingerprint density at radius 1 is 1.38 bits per heavy atom. The third-order valence-corrected chi connectivity index (χ3v) is 4.10. The zero-order chi connectivity index (χ0) is 16.8. The molecule has 0 aliphatic carbocycles. The third-order valence-electron chi connectivity index (χ3n) is 4.10. The van der Waals surface area contributed by atoms with Crippen LogP contribution in [0.25, 0.3) is 0 Å². The van der Waals surface area contributed by atoms with E-state index in [1.807, 2.05) is 30.3 Å². The minimum Gasteiger partial charge on any atom is -0.497 e. The maximum Gasteiger partial charge on any atom is 0.226 e. The first-order valence-corrected chi connectivity index (χ1v) is 8.15. The Morgan fingerprint density at radius 3 is 2.92 bits per heavy atom. The first-order chi connectivity index (χ1) is 11.7. The van der Waals surface area contributed by atoms with Gasteiger partial charge in [0.05, 0.1) is 25.8 Å². The molecule has 1 atom stereocenters. The van der Waals surface area contributed by atoms with Crippen molar-refractivity contribution in [1.29, 1.82) is 0 Å². The molecule has 1 unspecified atom stereocenters. The van der Waals surface area contributed by atoms with Crippen LogP contribution in [0.1, 0.15) is 23.4 Å². The van der Waals surface area contributed by atoms with E-state index >= 15 is 0 Å². The molecule has 1 N–H and O–H groups in total. The van der Waals surface area contributed by atoms with Gasteiger partial charge in [-0.2, -0.15) is 0 Å². The minimum atomic E-state index is -0.0359. The molecule has 6 heteroatoms. The highest BCUT2D eigenvalue weighted by Gasteiger charge is 2.17. The molecule has 24 heavy (non-hydrogen) atoms. The Bertz CT molecular complexity index is 660. The molecule has 1 aliphatic rings. The lowest BCUT2D eigenvalue weighted by molar-refractivity contribution is -0.120. The number of hydrogen-bond acceptors (Lipinski definition) is 5. The number of methoxy groups -OCH3 is 1. The van der Waals surface area contributed by atoms with E-state index in [2.05, 4.69) is 10.5 Å². The van der Waals surface area contributed by atoms with Crippen LogP contribution in [0.5, 0.6) is 5.75 Å². The molecule has 128 valence electrons. The van der Waals surface area contributed by atoms with Gasteiger partial charge in [-0.05, 0) is 24.1 Å². The van der Waals surface area contributed by atoms with E-state index in [1.165, 1.54) is 0 Å². The Kier molecular flexibility index (Phi) is 5.48. The van der Waals surface area contributed by atoms with Gasteiger partial charge in [-0.3, -0.25) is 4.79 Å². The van der Waals surface area contributed by atoms with Crippen LogP contribution in [0.15, 0.2) is 34.9 Å². The van der Waals surface area contributed by atoms with E-state index < -0.39 is 0 Å². The number of hydrogen-bond donors (Lipinski definition) is 1. The number of benzene rings is 1. The predicted molar refractivity (Wildman–Crippen MR) is 87.9 cm³/mol. The maximum absolute atomic E-state index is 12.0. The van der Waals surface area contributed by atoms with E-state index in [4.69, 9.17) is 14.0 Å². The molecule has 1 fully saturated rings. The van der Waals surface area contributed by atoms with Crippen molar-refractivity contribution in [2.75, 3.05) is 26.9 Å². The number of nitrogens with one attached hydrogen (secondary N) is 1. The highest BCUT2D eigenvalue weighted by Crippen LogP contribution is 2.16. The van der Waals surface area contributed by atoms with E-state index in [0.29, 0.717) is 24.6 Å². The van der Waals surface area contributed by atoms with Crippen LogP contribution in [-0.2, 0) is 22.4 Å². The zero-order valence-electron chi connectivity index (χ0n) is 13.8. The Morgan fingerprint density at radius 2 is 2.21 bits per heavy atom. The van der Waals surface area contributed by atoms with E-state index in [-0.39, 0.29) is 12.3 Å². The Hall–Kier alpha value is -2.34. The second-order valence-electron chi connectivity index (χ2n) is 6.02. The molecule has 2 aromatic rings. The number of rotatable bonds is 7. The van der Waals surface area contributed by atoms with Gasteiger partial charge in [0.1, 0.15) is 11.5 Å². The summed E-state index contributed by atoms with van der Waals surface area (Å²) < 4.78 is 15.8. The number of amides is 1. The lowest BCUT2D eigenvalue weighted by Crippen LogP contribution is -2.30. The molecule has 1 aromatic carbocycles. The summed E-state index contributed by atoms with van der Waals surface area (Å²) in [4.78, 5) is 12.0. The molecule has 1 aliphatic heterocycles. The second kappa shape index (κ2) is 7.97. The van der Waals surface area contributed by atoms with Crippen molar-refractivity contribution in [3.63, 3.8) is 0 Å². The van der Waals surface area contributed by atoms with Gasteiger partial charge >= 0.3 is 0 Å². The van der Waals surface area contributed by atoms with Gasteiger partial charge in [0.25, 0.3) is 0 Å². The molecule has 1 aromatic heterocycles. The van der Waals surface area contributed by atoms with Crippen molar-refractivity contribution in [1.82, 2.24) is 10.5 Å². The van der Waals surface area contributed by atoms with Crippen LogP contribution in [-0.4, -0.2) is 37.9 Å². The summed E-state index contributed by atoms with van der Waals surface area (Å²) in [6, 6.07) is 9.62. The molecule has 1 amide bonds. The fraction of sp³-hybridized carbons (Fsp3) is 0.444. The first-order valence-electron chi connectivity index (χ1n) is 8.15. The molecular weight excluding hydrogens is 308 g/mol. The van der Waals surface area contributed by atoms with Gasteiger partial charge in [-0.15, -0.1) is 0 Å². The number of nitrogens with zero attached hydrogens (tertiary/aromatic N) is 1. The van der Waals surface area contributed by atoms with Crippen molar-refractivity contribution in [3.8, 4) is 5.75 Å². The quantitative estimate of drug-likeness (QED) is 0.840. The van der Waals surface area contributed by atoms with Crippen molar-refractivity contribution < 1.29 is 18.8 Å². The second-order valence-corrected chi connectivity index (χ2v) is 6.02. The van der Waals surface area contributed by atoms with Crippen LogP contribution < -0.4 is 10.1 Å². The fourth-order valence-electron chi connectivity index (χ4n) is 2.70. The molecule has 0 saturated carbocycles. The largest absolute Gasteiger partial charge is 0.497 e. The SMILES string of the molecule is COc1ccc(Cc2cc(CC(=O)NCC3CCOC3)no2)cc1. The summed E-state index contributed by atoms with van der Waals surface area (Å²) in [7, 11) is 1.64. The third kappa shape index (κ3) is 4.58. The average molecular weight is 330 g/mol. The Balaban J connectivity index is 1.48. The van der Waals surface area contributed by atoms with E-state index in [1.54, 1.807) is 7.11 Å². The van der Waals surface area contributed by atoms with Crippen molar-refractivity contribution >= 4 is 5.91 Å². The molecular formula is C18H22N2O4. The van der Waals surface area contributed by atoms with Crippen LogP contribution in [0.3, 0.4) is 0 Å². The number of ether oxygens (including phenoxy) is 2. The number of carbonyl (C=O) groups is 1. The summed E-state index contributed by atoms with van der Waals surface area (Å²) in [6.45, 7) is 2.18. The molecule has 0 bridgehead atoms. The van der Waals surface area contributed by atoms with Crippen molar-refractivity contribution in [2.24, 2.45) is 5.92 Å². The normalized spacial score (nSPS) is 17.0. The molecule has 1 saturated heterocycles. The topological polar surface area (TPSA) is 73.6 Å². The van der Waals surface area contributed by atoms with E-state index in [0.717, 1.165) is 36.7 Å². The van der Waals surface area contributed by atoms with E-state index in [9.17, 15) is 4.79 Å². The fourth-order valence-corrected chi connectivity index (χ4v) is 2.70. The molecule has 0 radical (unpaired) electrons. The van der Waals surface area contributed by atoms with Gasteiger partial charge in [-0.25, -0.2) is 0 Å². The Labute approximate surface area is 141 Å². The highest BCUT2D eigenvalue weighted by molar-refractivity contribution is 5.78. The lowest BCUT2D eigenvalue weighted by Gasteiger charge is -2.08. The number of aromatic nitrogens is 1. The lowest BCUT2D eigenvalue weighted by atomic mass is 10.1. The summed E-state index contributed by atoms with van der Waals surface area (Å²) in [5, 5.41) is 6.91. The maximum atomic E-state index is 12.0. The molecule has 2 heterocycles.